The highest BCUT2D eigenvalue weighted by atomic mass is 19.1. The minimum atomic E-state index is -0.606. The molecule has 5 heteroatoms. The van der Waals surface area contributed by atoms with Crippen molar-refractivity contribution >= 4 is 5.97 Å². The summed E-state index contributed by atoms with van der Waals surface area (Å²) in [6, 6.07) is 3.47. The van der Waals surface area contributed by atoms with Crippen molar-refractivity contribution in [2.75, 3.05) is 19.8 Å². The van der Waals surface area contributed by atoms with Gasteiger partial charge in [0.1, 0.15) is 18.2 Å². The molecule has 0 amide bonds. The summed E-state index contributed by atoms with van der Waals surface area (Å²) >= 11 is 0. The van der Waals surface area contributed by atoms with Crippen molar-refractivity contribution in [1.82, 2.24) is 0 Å². The van der Waals surface area contributed by atoms with Crippen molar-refractivity contribution in [3.63, 3.8) is 0 Å². The van der Waals surface area contributed by atoms with Gasteiger partial charge in [0.25, 0.3) is 0 Å². The Kier molecular flexibility index (Phi) is 7.74. The Morgan fingerprint density at radius 3 is 2.59 bits per heavy atom. The molecule has 0 atom stereocenters. The van der Waals surface area contributed by atoms with Crippen LogP contribution < -0.4 is 0 Å². The predicted molar refractivity (Wildman–Crippen MR) is 80.4 cm³/mol. The van der Waals surface area contributed by atoms with Crippen molar-refractivity contribution in [2.45, 2.75) is 27.2 Å². The number of rotatable bonds is 8. The Morgan fingerprint density at radius 1 is 1.27 bits per heavy atom. The van der Waals surface area contributed by atoms with E-state index in [1.54, 1.807) is 19.9 Å². The van der Waals surface area contributed by atoms with Crippen LogP contribution in [0.4, 0.5) is 8.78 Å². The summed E-state index contributed by atoms with van der Waals surface area (Å²) in [6.07, 6.45) is 2.04. The van der Waals surface area contributed by atoms with Gasteiger partial charge >= 0.3 is 5.97 Å². The number of carbonyl (C=O) groups is 1. The van der Waals surface area contributed by atoms with Crippen molar-refractivity contribution in [3.05, 3.63) is 47.0 Å². The maximum absolute atomic E-state index is 13.6. The van der Waals surface area contributed by atoms with Crippen LogP contribution in [0.25, 0.3) is 0 Å². The Labute approximate surface area is 129 Å². The van der Waals surface area contributed by atoms with Crippen LogP contribution in [0, 0.1) is 17.6 Å². The topological polar surface area (TPSA) is 35.5 Å². The zero-order valence-corrected chi connectivity index (χ0v) is 13.2. The maximum Gasteiger partial charge on any atom is 0.308 e. The van der Waals surface area contributed by atoms with E-state index in [0.717, 1.165) is 11.6 Å². The molecule has 22 heavy (non-hydrogen) atoms. The molecule has 1 aromatic carbocycles. The molecule has 0 unspecified atom stereocenters. The lowest BCUT2D eigenvalue weighted by molar-refractivity contribution is -0.146. The number of hydrogen-bond acceptors (Lipinski definition) is 3. The average molecular weight is 312 g/mol. The smallest absolute Gasteiger partial charge is 0.308 e. The summed E-state index contributed by atoms with van der Waals surface area (Å²) in [5.41, 5.74) is 1.13. The van der Waals surface area contributed by atoms with E-state index in [0.29, 0.717) is 18.8 Å². The first-order valence-corrected chi connectivity index (χ1v) is 7.30. The molecule has 122 valence electrons. The van der Waals surface area contributed by atoms with Crippen LogP contribution in [0.2, 0.25) is 0 Å². The standard InChI is InChI=1S/C17H22F2O3/c1-4-21-10-13(11-22-17(20)12(2)3)5-6-14-7-8-15(18)9-16(14)19/h5,7-9,12H,4,6,10-11H2,1-3H3/b13-5-. The summed E-state index contributed by atoms with van der Waals surface area (Å²) in [5.74, 6) is -1.70. The fourth-order valence-electron chi connectivity index (χ4n) is 1.66. The van der Waals surface area contributed by atoms with Crippen molar-refractivity contribution < 1.29 is 23.0 Å². The van der Waals surface area contributed by atoms with Gasteiger partial charge in [0.05, 0.1) is 12.5 Å². The van der Waals surface area contributed by atoms with Crippen molar-refractivity contribution in [1.29, 1.82) is 0 Å². The molecule has 0 saturated carbocycles. The molecule has 0 aliphatic heterocycles. The van der Waals surface area contributed by atoms with E-state index in [4.69, 9.17) is 9.47 Å². The molecule has 1 rings (SSSR count). The number of benzene rings is 1. The van der Waals surface area contributed by atoms with Gasteiger partial charge in [0.15, 0.2) is 0 Å². The Bertz CT molecular complexity index is 525. The van der Waals surface area contributed by atoms with Crippen LogP contribution in [-0.2, 0) is 20.7 Å². The zero-order valence-electron chi connectivity index (χ0n) is 13.2. The molecule has 3 nitrogen and oxygen atoms in total. The van der Waals surface area contributed by atoms with Crippen LogP contribution in [-0.4, -0.2) is 25.8 Å². The predicted octanol–water partition coefficient (Wildman–Crippen LogP) is 3.67. The molecule has 0 aromatic heterocycles. The second kappa shape index (κ2) is 9.30. The van der Waals surface area contributed by atoms with E-state index in [-0.39, 0.29) is 24.9 Å². The van der Waals surface area contributed by atoms with Crippen LogP contribution in [0.15, 0.2) is 29.8 Å². The summed E-state index contributed by atoms with van der Waals surface area (Å²) < 4.78 is 36.9. The molecule has 0 heterocycles. The average Bonchev–Trinajstić information content (AvgIpc) is 2.47. The molecule has 0 fully saturated rings. The van der Waals surface area contributed by atoms with Crippen LogP contribution >= 0.6 is 0 Å². The monoisotopic (exact) mass is 312 g/mol. The summed E-state index contributed by atoms with van der Waals surface area (Å²) in [4.78, 5) is 11.5. The van der Waals surface area contributed by atoms with Gasteiger partial charge in [0, 0.05) is 12.7 Å². The number of ether oxygens (including phenoxy) is 2. The summed E-state index contributed by atoms with van der Waals surface area (Å²) in [7, 11) is 0. The quantitative estimate of drug-likeness (QED) is 0.543. The van der Waals surface area contributed by atoms with E-state index < -0.39 is 11.6 Å². The van der Waals surface area contributed by atoms with Gasteiger partial charge in [-0.2, -0.15) is 0 Å². The largest absolute Gasteiger partial charge is 0.461 e. The molecule has 1 aromatic rings. The molecule has 0 aliphatic rings. The minimum Gasteiger partial charge on any atom is -0.461 e. The Balaban J connectivity index is 2.71. The molecule has 0 spiro atoms. The number of hydrogen-bond donors (Lipinski definition) is 0. The first-order chi connectivity index (χ1) is 10.4. The third kappa shape index (κ3) is 6.35. The number of allylic oxidation sites excluding steroid dienone is 1. The maximum atomic E-state index is 13.6. The van der Waals surface area contributed by atoms with Crippen molar-refractivity contribution in [3.8, 4) is 0 Å². The van der Waals surface area contributed by atoms with Gasteiger partial charge in [-0.15, -0.1) is 0 Å². The first kappa shape index (κ1) is 18.3. The van der Waals surface area contributed by atoms with Crippen LogP contribution in [0.3, 0.4) is 0 Å². The normalized spacial score (nSPS) is 11.8. The fourth-order valence-corrected chi connectivity index (χ4v) is 1.66. The molecule has 0 radical (unpaired) electrons. The van der Waals surface area contributed by atoms with Crippen LogP contribution in [0.5, 0.6) is 0 Å². The lowest BCUT2D eigenvalue weighted by Gasteiger charge is -2.11. The van der Waals surface area contributed by atoms with Crippen molar-refractivity contribution in [2.24, 2.45) is 5.92 Å². The highest BCUT2D eigenvalue weighted by Gasteiger charge is 2.10. The molecule has 0 saturated heterocycles. The Hall–Kier alpha value is -1.75. The molecule has 0 aliphatic carbocycles. The van der Waals surface area contributed by atoms with Crippen LogP contribution in [0.1, 0.15) is 26.3 Å². The number of carbonyl (C=O) groups excluding carboxylic acids is 1. The van der Waals surface area contributed by atoms with E-state index in [1.165, 1.54) is 12.1 Å². The fraction of sp³-hybridized carbons (Fsp3) is 0.471. The van der Waals surface area contributed by atoms with E-state index in [1.807, 2.05) is 6.92 Å². The molecule has 0 bridgehead atoms. The third-order valence-corrected chi connectivity index (χ3v) is 2.99. The Morgan fingerprint density at radius 2 is 2.00 bits per heavy atom. The van der Waals surface area contributed by atoms with Gasteiger partial charge in [-0.3, -0.25) is 4.79 Å². The lowest BCUT2D eigenvalue weighted by atomic mass is 10.1. The first-order valence-electron chi connectivity index (χ1n) is 7.30. The molecular formula is C17H22F2O3. The second-order valence-electron chi connectivity index (χ2n) is 5.20. The van der Waals surface area contributed by atoms with Gasteiger partial charge in [-0.05, 0) is 30.5 Å². The van der Waals surface area contributed by atoms with E-state index >= 15 is 0 Å². The second-order valence-corrected chi connectivity index (χ2v) is 5.20. The van der Waals surface area contributed by atoms with E-state index in [2.05, 4.69) is 0 Å². The van der Waals surface area contributed by atoms with Gasteiger partial charge in [0.2, 0.25) is 0 Å². The highest BCUT2D eigenvalue weighted by Crippen LogP contribution is 2.12. The zero-order chi connectivity index (χ0) is 16.5. The minimum absolute atomic E-state index is 0.111. The summed E-state index contributed by atoms with van der Waals surface area (Å²) in [5, 5.41) is 0. The lowest BCUT2D eigenvalue weighted by Crippen LogP contribution is -2.15. The summed E-state index contributed by atoms with van der Waals surface area (Å²) in [6.45, 7) is 6.31. The van der Waals surface area contributed by atoms with Gasteiger partial charge < -0.3 is 9.47 Å². The highest BCUT2D eigenvalue weighted by molar-refractivity contribution is 5.71. The van der Waals surface area contributed by atoms with E-state index in [9.17, 15) is 13.6 Å². The van der Waals surface area contributed by atoms with Gasteiger partial charge in [-0.25, -0.2) is 8.78 Å². The van der Waals surface area contributed by atoms with Gasteiger partial charge in [-0.1, -0.05) is 26.0 Å². The third-order valence-electron chi connectivity index (χ3n) is 2.99. The number of halogens is 2. The SMILES string of the molecule is CCOC/C(=C/Cc1ccc(F)cc1F)COC(=O)C(C)C. The molecular weight excluding hydrogens is 290 g/mol. The number of esters is 1. The molecule has 0 N–H and O–H groups in total.